The van der Waals surface area contributed by atoms with Gasteiger partial charge in [0, 0.05) is 38.3 Å². The van der Waals surface area contributed by atoms with Crippen molar-refractivity contribution in [2.75, 3.05) is 0 Å². The van der Waals surface area contributed by atoms with Gasteiger partial charge in [0.25, 0.3) is 0 Å². The fourth-order valence-electron chi connectivity index (χ4n) is 4.93. The summed E-state index contributed by atoms with van der Waals surface area (Å²) >= 11 is 0. The number of aromatic amines is 1. The highest BCUT2D eigenvalue weighted by atomic mass is 15.0. The maximum absolute atomic E-state index is 4.72. The lowest BCUT2D eigenvalue weighted by atomic mass is 10.0. The van der Waals surface area contributed by atoms with Crippen molar-refractivity contribution in [3.8, 4) is 0 Å². The van der Waals surface area contributed by atoms with E-state index in [4.69, 9.17) is 4.99 Å². The third-order valence-electron chi connectivity index (χ3n) is 6.66. The molecule has 0 unspecified atom stereocenters. The van der Waals surface area contributed by atoms with Gasteiger partial charge in [0.05, 0.1) is 23.3 Å². The molecule has 2 aromatic heterocycles. The maximum Gasteiger partial charge on any atom is 0.0648 e. The summed E-state index contributed by atoms with van der Waals surface area (Å²) in [6, 6.07) is 26.2. The summed E-state index contributed by atoms with van der Waals surface area (Å²) in [5.74, 6) is 0. The average Bonchev–Trinajstić information content (AvgIpc) is 3.33. The van der Waals surface area contributed by atoms with E-state index in [1.165, 1.54) is 43.4 Å². The minimum absolute atomic E-state index is 0.620. The van der Waals surface area contributed by atoms with Crippen LogP contribution in [0.15, 0.2) is 102 Å². The van der Waals surface area contributed by atoms with Gasteiger partial charge < -0.3 is 9.55 Å². The van der Waals surface area contributed by atoms with E-state index in [0.717, 1.165) is 28.0 Å². The number of aliphatic imine (C=N–C) groups is 1. The number of benzene rings is 4. The Balaban J connectivity index is 1.71. The Morgan fingerprint density at radius 3 is 2.36 bits per heavy atom. The highest BCUT2D eigenvalue weighted by Crippen LogP contribution is 2.38. The monoisotopic (exact) mass is 427 g/mol. The molecule has 0 saturated heterocycles. The third-order valence-corrected chi connectivity index (χ3v) is 6.66. The maximum atomic E-state index is 4.72. The Kier molecular flexibility index (Phi) is 4.27. The van der Waals surface area contributed by atoms with E-state index in [2.05, 4.69) is 95.5 Å². The van der Waals surface area contributed by atoms with Gasteiger partial charge in [0.1, 0.15) is 0 Å². The first kappa shape index (κ1) is 19.6. The van der Waals surface area contributed by atoms with E-state index in [9.17, 15) is 0 Å². The molecule has 0 atom stereocenters. The summed E-state index contributed by atoms with van der Waals surface area (Å²) in [5, 5.41) is 7.56. The number of nitrogens with one attached hydrogen (secondary N) is 1. The molecule has 0 aliphatic rings. The molecule has 0 amide bonds. The number of allylic oxidation sites excluding steroid dienone is 2. The molecule has 3 nitrogen and oxygen atoms in total. The zero-order valence-corrected chi connectivity index (χ0v) is 18.9. The minimum Gasteiger partial charge on any atom is -0.354 e. The summed E-state index contributed by atoms with van der Waals surface area (Å²) in [5.41, 5.74) is 7.39. The molecule has 4 aromatic carbocycles. The Morgan fingerprint density at radius 2 is 1.55 bits per heavy atom. The smallest absolute Gasteiger partial charge is 0.0648 e. The number of hydrogen-bond donors (Lipinski definition) is 1. The molecule has 6 aromatic rings. The van der Waals surface area contributed by atoms with Crippen molar-refractivity contribution in [3.05, 3.63) is 97.2 Å². The lowest BCUT2D eigenvalue weighted by Crippen LogP contribution is -2.01. The average molecular weight is 428 g/mol. The van der Waals surface area contributed by atoms with Gasteiger partial charge in [-0.3, -0.25) is 4.99 Å². The fraction of sp³-hybridized carbons (Fsp3) is 0.100. The minimum atomic E-state index is 0.620. The van der Waals surface area contributed by atoms with Crippen LogP contribution in [0.4, 0.5) is 0 Å². The Bertz CT molecular complexity index is 1790. The zero-order chi connectivity index (χ0) is 22.7. The first-order valence-corrected chi connectivity index (χ1v) is 11.2. The van der Waals surface area contributed by atoms with Crippen molar-refractivity contribution in [2.45, 2.75) is 20.4 Å². The van der Waals surface area contributed by atoms with Gasteiger partial charge in [-0.1, -0.05) is 61.7 Å². The van der Waals surface area contributed by atoms with E-state index in [1.54, 1.807) is 0 Å². The van der Waals surface area contributed by atoms with Crippen LogP contribution in [0.2, 0.25) is 0 Å². The molecular formula is C30H25N3. The van der Waals surface area contributed by atoms with Crippen molar-refractivity contribution in [3.63, 3.8) is 0 Å². The first-order chi connectivity index (χ1) is 16.0. The second kappa shape index (κ2) is 7.21. The number of fused-ring (bicyclic) bond motifs is 8. The molecule has 6 rings (SSSR count). The summed E-state index contributed by atoms with van der Waals surface area (Å²) in [6.07, 6.45) is 0. The standard InChI is InChI=1S/C30H25N3/c1-18(2)20(4)31-19(3)17-33-28-14-13-21-9-5-6-10-22(21)30(28)25-15-24-23-11-7-8-12-26(23)32-27(24)16-29(25)33/h5-16,32H,1,3,17H2,2,4H3. The van der Waals surface area contributed by atoms with E-state index in [0.29, 0.717) is 6.54 Å². The molecule has 0 saturated carbocycles. The van der Waals surface area contributed by atoms with Crippen molar-refractivity contribution in [2.24, 2.45) is 4.99 Å². The van der Waals surface area contributed by atoms with Crippen LogP contribution in [0.1, 0.15) is 13.8 Å². The van der Waals surface area contributed by atoms with E-state index < -0.39 is 0 Å². The van der Waals surface area contributed by atoms with Crippen molar-refractivity contribution in [1.82, 2.24) is 9.55 Å². The molecule has 0 radical (unpaired) electrons. The van der Waals surface area contributed by atoms with Crippen molar-refractivity contribution < 1.29 is 0 Å². The van der Waals surface area contributed by atoms with E-state index in [-0.39, 0.29) is 0 Å². The summed E-state index contributed by atoms with van der Waals surface area (Å²) in [4.78, 5) is 8.32. The highest BCUT2D eigenvalue weighted by molar-refractivity contribution is 6.24. The molecule has 0 fully saturated rings. The highest BCUT2D eigenvalue weighted by Gasteiger charge is 2.16. The number of rotatable bonds is 4. The Morgan fingerprint density at radius 1 is 0.788 bits per heavy atom. The lowest BCUT2D eigenvalue weighted by molar-refractivity contribution is 0.842. The molecule has 0 spiro atoms. The van der Waals surface area contributed by atoms with Gasteiger partial charge in [-0.2, -0.15) is 0 Å². The molecule has 0 bridgehead atoms. The predicted octanol–water partition coefficient (Wildman–Crippen LogP) is 8.13. The number of H-pyrrole nitrogens is 1. The molecule has 33 heavy (non-hydrogen) atoms. The SMILES string of the molecule is C=C(Cn1c2cc3[nH]c4ccccc4c3cc2c2c3ccccc3ccc21)N=C(C)C(=C)C. The second-order valence-corrected chi connectivity index (χ2v) is 8.90. The quantitative estimate of drug-likeness (QED) is 0.276. The number of hydrogen-bond acceptors (Lipinski definition) is 1. The first-order valence-electron chi connectivity index (χ1n) is 11.2. The molecule has 2 heterocycles. The summed E-state index contributed by atoms with van der Waals surface area (Å²) < 4.78 is 2.35. The Hall–Kier alpha value is -4.11. The van der Waals surface area contributed by atoms with Crippen LogP contribution in [0, 0.1) is 0 Å². The van der Waals surface area contributed by atoms with Crippen LogP contribution in [0.25, 0.3) is 54.4 Å². The van der Waals surface area contributed by atoms with Gasteiger partial charge in [0.2, 0.25) is 0 Å². The van der Waals surface area contributed by atoms with E-state index >= 15 is 0 Å². The topological polar surface area (TPSA) is 33.1 Å². The van der Waals surface area contributed by atoms with Crippen molar-refractivity contribution in [1.29, 1.82) is 0 Å². The molecule has 3 heteroatoms. The van der Waals surface area contributed by atoms with E-state index in [1.807, 2.05) is 13.8 Å². The van der Waals surface area contributed by atoms with Gasteiger partial charge in [-0.25, -0.2) is 0 Å². The second-order valence-electron chi connectivity index (χ2n) is 8.90. The Labute approximate surface area is 192 Å². The fourth-order valence-corrected chi connectivity index (χ4v) is 4.93. The van der Waals surface area contributed by atoms with Gasteiger partial charge in [-0.05, 0) is 54.5 Å². The lowest BCUT2D eigenvalue weighted by Gasteiger charge is -2.09. The molecule has 0 aliphatic carbocycles. The largest absolute Gasteiger partial charge is 0.354 e. The summed E-state index contributed by atoms with van der Waals surface area (Å²) in [6.45, 7) is 12.9. The number of nitrogens with zero attached hydrogens (tertiary/aromatic N) is 2. The predicted molar refractivity (Wildman–Crippen MR) is 143 cm³/mol. The molecular weight excluding hydrogens is 402 g/mol. The molecule has 0 aliphatic heterocycles. The third kappa shape index (κ3) is 3.00. The van der Waals surface area contributed by atoms with Crippen LogP contribution >= 0.6 is 0 Å². The van der Waals surface area contributed by atoms with Crippen LogP contribution in [0.5, 0.6) is 0 Å². The number of para-hydroxylation sites is 1. The number of aromatic nitrogens is 2. The molecule has 1 N–H and O–H groups in total. The van der Waals surface area contributed by atoms with Gasteiger partial charge >= 0.3 is 0 Å². The summed E-state index contributed by atoms with van der Waals surface area (Å²) in [7, 11) is 0. The van der Waals surface area contributed by atoms with Crippen LogP contribution in [0.3, 0.4) is 0 Å². The van der Waals surface area contributed by atoms with Crippen LogP contribution < -0.4 is 0 Å². The zero-order valence-electron chi connectivity index (χ0n) is 18.9. The van der Waals surface area contributed by atoms with Gasteiger partial charge in [0.15, 0.2) is 0 Å². The van der Waals surface area contributed by atoms with Crippen LogP contribution in [-0.2, 0) is 6.54 Å². The molecule has 160 valence electrons. The normalized spacial score (nSPS) is 12.5. The van der Waals surface area contributed by atoms with Crippen LogP contribution in [-0.4, -0.2) is 15.3 Å². The van der Waals surface area contributed by atoms with Crippen molar-refractivity contribution >= 4 is 60.1 Å². The van der Waals surface area contributed by atoms with Gasteiger partial charge in [-0.15, -0.1) is 0 Å².